The Morgan fingerprint density at radius 1 is 1.45 bits per heavy atom. The fourth-order valence-electron chi connectivity index (χ4n) is 2.98. The molecule has 3 rings (SSSR count). The number of imidazole rings is 1. The molecule has 5 nitrogen and oxygen atoms in total. The normalized spacial score (nSPS) is 22.4. The van der Waals surface area contributed by atoms with Crippen molar-refractivity contribution in [3.05, 3.63) is 34.2 Å². The number of aromatic nitrogens is 2. The van der Waals surface area contributed by atoms with Crippen molar-refractivity contribution in [2.75, 3.05) is 6.26 Å². The summed E-state index contributed by atoms with van der Waals surface area (Å²) < 4.78 is 1.73. The van der Waals surface area contributed by atoms with Crippen LogP contribution in [0.1, 0.15) is 35.7 Å². The van der Waals surface area contributed by atoms with Crippen LogP contribution in [-0.2, 0) is 0 Å². The zero-order valence-corrected chi connectivity index (χ0v) is 11.9. The first kappa shape index (κ1) is 13.3. The summed E-state index contributed by atoms with van der Waals surface area (Å²) in [4.78, 5) is 26.0. The highest BCUT2D eigenvalue weighted by molar-refractivity contribution is 7.99. The Morgan fingerprint density at radius 2 is 2.25 bits per heavy atom. The summed E-state index contributed by atoms with van der Waals surface area (Å²) in [6.07, 6.45) is 5.12. The van der Waals surface area contributed by atoms with Gasteiger partial charge < -0.3 is 10.1 Å². The van der Waals surface area contributed by atoms with Crippen molar-refractivity contribution >= 4 is 28.8 Å². The number of thioether (sulfide) groups is 1. The van der Waals surface area contributed by atoms with Crippen LogP contribution in [-0.4, -0.2) is 32.1 Å². The van der Waals surface area contributed by atoms with Gasteiger partial charge in [-0.2, -0.15) is 11.8 Å². The molecule has 0 aliphatic heterocycles. The molecule has 1 saturated carbocycles. The van der Waals surface area contributed by atoms with Gasteiger partial charge in [-0.05, 0) is 43.7 Å². The first-order valence-electron chi connectivity index (χ1n) is 6.60. The summed E-state index contributed by atoms with van der Waals surface area (Å²) in [5.74, 6) is -0.972. The van der Waals surface area contributed by atoms with Gasteiger partial charge in [0.25, 0.3) is 0 Å². The van der Waals surface area contributed by atoms with Gasteiger partial charge in [0.1, 0.15) is 0 Å². The maximum atomic E-state index is 12.2. The van der Waals surface area contributed by atoms with E-state index in [-0.39, 0.29) is 17.3 Å². The summed E-state index contributed by atoms with van der Waals surface area (Å²) in [7, 11) is 0. The molecule has 106 valence electrons. The number of aromatic carboxylic acids is 1. The van der Waals surface area contributed by atoms with Gasteiger partial charge in [0.05, 0.1) is 16.6 Å². The Morgan fingerprint density at radius 3 is 2.90 bits per heavy atom. The molecule has 2 unspecified atom stereocenters. The standard InChI is InChI=1S/C14H16N2O3S/c1-20-10-4-3-9(7-10)16-12-6-8(13(17)18)2-5-11(12)15-14(16)19/h2,5-6,9-10H,3-4,7H2,1H3,(H,15,19)(H,17,18). The predicted octanol–water partition coefficient (Wildman–Crippen LogP) is 2.48. The molecule has 20 heavy (non-hydrogen) atoms. The average Bonchev–Trinajstić information content (AvgIpc) is 3.00. The topological polar surface area (TPSA) is 75.1 Å². The van der Waals surface area contributed by atoms with E-state index in [0.29, 0.717) is 16.3 Å². The van der Waals surface area contributed by atoms with Gasteiger partial charge in [-0.25, -0.2) is 9.59 Å². The van der Waals surface area contributed by atoms with Crippen LogP contribution in [0.15, 0.2) is 23.0 Å². The summed E-state index contributed by atoms with van der Waals surface area (Å²) in [6.45, 7) is 0. The first-order chi connectivity index (χ1) is 9.60. The van der Waals surface area contributed by atoms with Gasteiger partial charge in [-0.3, -0.25) is 4.57 Å². The number of carboxylic acid groups (broad SMARTS) is 1. The van der Waals surface area contributed by atoms with Crippen LogP contribution in [0, 0.1) is 0 Å². The Labute approximate surface area is 120 Å². The highest BCUT2D eigenvalue weighted by atomic mass is 32.2. The van der Waals surface area contributed by atoms with Crippen LogP contribution >= 0.6 is 11.8 Å². The fraction of sp³-hybridized carbons (Fsp3) is 0.429. The highest BCUT2D eigenvalue weighted by Crippen LogP contribution is 2.36. The Balaban J connectivity index is 2.10. The van der Waals surface area contributed by atoms with Crippen LogP contribution in [0.5, 0.6) is 0 Å². The SMILES string of the molecule is CSC1CCC(n2c(=O)[nH]c3ccc(C(=O)O)cc32)C1. The smallest absolute Gasteiger partial charge is 0.335 e. The third kappa shape index (κ3) is 2.14. The number of nitrogens with zero attached hydrogens (tertiary/aromatic N) is 1. The molecule has 1 heterocycles. The van der Waals surface area contributed by atoms with Crippen molar-refractivity contribution in [1.29, 1.82) is 0 Å². The average molecular weight is 292 g/mol. The van der Waals surface area contributed by atoms with Crippen LogP contribution < -0.4 is 5.69 Å². The molecular weight excluding hydrogens is 276 g/mol. The van der Waals surface area contributed by atoms with E-state index in [4.69, 9.17) is 5.11 Å². The molecule has 2 atom stereocenters. The molecule has 1 aliphatic carbocycles. The van der Waals surface area contributed by atoms with Crippen molar-refractivity contribution in [1.82, 2.24) is 9.55 Å². The third-order valence-electron chi connectivity index (χ3n) is 4.02. The molecule has 0 amide bonds. The van der Waals surface area contributed by atoms with Crippen molar-refractivity contribution in [3.8, 4) is 0 Å². The maximum absolute atomic E-state index is 12.2. The first-order valence-corrected chi connectivity index (χ1v) is 7.89. The Hall–Kier alpha value is -1.69. The second kappa shape index (κ2) is 5.01. The molecule has 6 heteroatoms. The zero-order valence-electron chi connectivity index (χ0n) is 11.1. The molecule has 1 aromatic carbocycles. The number of hydrogen-bond acceptors (Lipinski definition) is 3. The number of H-pyrrole nitrogens is 1. The maximum Gasteiger partial charge on any atom is 0.335 e. The number of aromatic amines is 1. The van der Waals surface area contributed by atoms with Gasteiger partial charge in [0.15, 0.2) is 0 Å². The lowest BCUT2D eigenvalue weighted by molar-refractivity contribution is 0.0697. The summed E-state index contributed by atoms with van der Waals surface area (Å²) in [5, 5.41) is 9.67. The Kier molecular flexibility index (Phi) is 3.33. The van der Waals surface area contributed by atoms with Crippen molar-refractivity contribution in [3.63, 3.8) is 0 Å². The van der Waals surface area contributed by atoms with E-state index in [9.17, 15) is 9.59 Å². The minimum atomic E-state index is -0.972. The van der Waals surface area contributed by atoms with Gasteiger partial charge in [0, 0.05) is 11.3 Å². The number of nitrogens with one attached hydrogen (secondary N) is 1. The van der Waals surface area contributed by atoms with Crippen LogP contribution in [0.3, 0.4) is 0 Å². The van der Waals surface area contributed by atoms with Crippen LogP contribution in [0.4, 0.5) is 0 Å². The Bertz CT molecular complexity index is 719. The van der Waals surface area contributed by atoms with E-state index >= 15 is 0 Å². The van der Waals surface area contributed by atoms with Gasteiger partial charge in [-0.15, -0.1) is 0 Å². The van der Waals surface area contributed by atoms with Crippen LogP contribution in [0.2, 0.25) is 0 Å². The predicted molar refractivity (Wildman–Crippen MR) is 79.7 cm³/mol. The monoisotopic (exact) mass is 292 g/mol. The molecule has 0 radical (unpaired) electrons. The number of benzene rings is 1. The fourth-order valence-corrected chi connectivity index (χ4v) is 3.77. The highest BCUT2D eigenvalue weighted by Gasteiger charge is 2.27. The number of rotatable bonds is 3. The zero-order chi connectivity index (χ0) is 14.3. The quantitative estimate of drug-likeness (QED) is 0.911. The van der Waals surface area contributed by atoms with Crippen LogP contribution in [0.25, 0.3) is 11.0 Å². The van der Waals surface area contributed by atoms with E-state index in [1.54, 1.807) is 16.7 Å². The number of fused-ring (bicyclic) bond motifs is 1. The number of hydrogen-bond donors (Lipinski definition) is 2. The summed E-state index contributed by atoms with van der Waals surface area (Å²) in [5.41, 5.74) is 1.47. The molecule has 1 aromatic heterocycles. The molecule has 1 aliphatic rings. The minimum absolute atomic E-state index is 0.144. The van der Waals surface area contributed by atoms with E-state index in [1.165, 1.54) is 6.07 Å². The second-order valence-corrected chi connectivity index (χ2v) is 6.30. The molecule has 1 fully saturated rings. The van der Waals surface area contributed by atoms with Gasteiger partial charge >= 0.3 is 11.7 Å². The van der Waals surface area contributed by atoms with Crippen molar-refractivity contribution in [2.45, 2.75) is 30.6 Å². The molecule has 0 spiro atoms. The van der Waals surface area contributed by atoms with Crippen molar-refractivity contribution in [2.24, 2.45) is 0 Å². The van der Waals surface area contributed by atoms with E-state index in [1.807, 2.05) is 11.8 Å². The lowest BCUT2D eigenvalue weighted by Crippen LogP contribution is -2.21. The van der Waals surface area contributed by atoms with Crippen molar-refractivity contribution < 1.29 is 9.90 Å². The lowest BCUT2D eigenvalue weighted by Gasteiger charge is -2.12. The molecular formula is C14H16N2O3S. The minimum Gasteiger partial charge on any atom is -0.478 e. The van der Waals surface area contributed by atoms with E-state index in [0.717, 1.165) is 19.3 Å². The molecule has 0 bridgehead atoms. The largest absolute Gasteiger partial charge is 0.478 e. The third-order valence-corrected chi connectivity index (χ3v) is 5.11. The molecule has 2 aromatic rings. The van der Waals surface area contributed by atoms with E-state index < -0.39 is 5.97 Å². The number of carboxylic acids is 1. The lowest BCUT2D eigenvalue weighted by atomic mass is 10.2. The molecule has 0 saturated heterocycles. The number of carbonyl (C=O) groups is 1. The van der Waals surface area contributed by atoms with E-state index in [2.05, 4.69) is 11.2 Å². The second-order valence-electron chi connectivity index (χ2n) is 5.16. The van der Waals surface area contributed by atoms with Gasteiger partial charge in [-0.1, -0.05) is 0 Å². The van der Waals surface area contributed by atoms with Gasteiger partial charge in [0.2, 0.25) is 0 Å². The summed E-state index contributed by atoms with van der Waals surface area (Å²) >= 11 is 1.83. The summed E-state index contributed by atoms with van der Waals surface area (Å²) in [6, 6.07) is 4.93. The molecule has 2 N–H and O–H groups in total.